The topological polar surface area (TPSA) is 70.5 Å². The first kappa shape index (κ1) is 9.29. The summed E-state index contributed by atoms with van der Waals surface area (Å²) in [6, 6.07) is 3.51. The molecule has 0 aromatic heterocycles. The lowest BCUT2D eigenvalue weighted by Gasteiger charge is -2.24. The molecule has 1 unspecified atom stereocenters. The molecular formula is C11H10N2O4. The minimum Gasteiger partial charge on any atom is -0.593 e. The zero-order valence-electron chi connectivity index (χ0n) is 9.29. The van der Waals surface area contributed by atoms with Crippen LogP contribution < -0.4 is 15.4 Å². The van der Waals surface area contributed by atoms with E-state index in [-0.39, 0.29) is 5.23 Å². The first-order valence-electron chi connectivity index (χ1n) is 5.33. The Labute approximate surface area is 96.9 Å². The summed E-state index contributed by atoms with van der Waals surface area (Å²) in [7, 11) is 0. The summed E-state index contributed by atoms with van der Waals surface area (Å²) in [4.78, 5) is 4.74. The third kappa shape index (κ3) is 1.09. The van der Waals surface area contributed by atoms with Crippen LogP contribution in [0.1, 0.15) is 19.4 Å². The second-order valence-electron chi connectivity index (χ2n) is 4.76. The van der Waals surface area contributed by atoms with Gasteiger partial charge in [-0.3, -0.25) is 0 Å². The number of ether oxygens (including phenoxy) is 2. The number of hydrogen-bond donors (Lipinski definition) is 2. The maximum Gasteiger partial charge on any atom is 0.195 e. The fraction of sp³-hybridized carbons (Fsp3) is 0.273. The van der Waals surface area contributed by atoms with Gasteiger partial charge in [0.25, 0.3) is 0 Å². The average molecular weight is 234 g/mol. The van der Waals surface area contributed by atoms with Crippen LogP contribution in [0.4, 0.5) is 11.4 Å². The summed E-state index contributed by atoms with van der Waals surface area (Å²) in [6.07, 6.45) is 0. The number of hydrogen-bond acceptors (Lipinski definition) is 5. The first-order chi connectivity index (χ1) is 8.06. The quantitative estimate of drug-likeness (QED) is 0.651. The largest absolute Gasteiger partial charge is 0.593 e. The molecule has 0 fully saturated rings. The number of quaternary nitrogens is 1. The van der Waals surface area contributed by atoms with Crippen LogP contribution >= 0.6 is 0 Å². The molecule has 3 aliphatic heterocycles. The molecule has 1 aromatic carbocycles. The Hall–Kier alpha value is -1.76. The van der Waals surface area contributed by atoms with Crippen LogP contribution in [0.25, 0.3) is 5.76 Å². The van der Waals surface area contributed by atoms with Crippen molar-refractivity contribution in [3.63, 3.8) is 0 Å². The van der Waals surface area contributed by atoms with Gasteiger partial charge in [0.2, 0.25) is 0 Å². The predicted octanol–water partition coefficient (Wildman–Crippen LogP) is 0.843. The molecule has 2 N–H and O–H groups in total. The molecule has 0 spiro atoms. The van der Waals surface area contributed by atoms with E-state index in [0.717, 1.165) is 17.1 Å². The number of benzene rings is 1. The molecule has 0 bridgehead atoms. The molecule has 1 aromatic rings. The Morgan fingerprint density at radius 2 is 2.18 bits per heavy atom. The molecule has 88 valence electrons. The van der Waals surface area contributed by atoms with Crippen LogP contribution in [-0.2, 0) is 9.68 Å². The van der Waals surface area contributed by atoms with E-state index in [0.29, 0.717) is 17.1 Å². The van der Waals surface area contributed by atoms with Crippen LogP contribution in [0.3, 0.4) is 0 Å². The molecule has 6 nitrogen and oxygen atoms in total. The van der Waals surface area contributed by atoms with Crippen molar-refractivity contribution in [2.24, 2.45) is 0 Å². The zero-order valence-corrected chi connectivity index (χ0v) is 9.29. The maximum absolute atomic E-state index is 11.4. The summed E-state index contributed by atoms with van der Waals surface area (Å²) in [5, 5.41) is 11.0. The molecule has 0 radical (unpaired) electrons. The molecular weight excluding hydrogens is 224 g/mol. The number of nitrogens with one attached hydrogen (secondary N) is 2. The average Bonchev–Trinajstić information content (AvgIpc) is 3.00. The van der Waals surface area contributed by atoms with Gasteiger partial charge in [0.15, 0.2) is 22.8 Å². The Bertz CT molecular complexity index is 579. The molecule has 0 saturated carbocycles. The van der Waals surface area contributed by atoms with Gasteiger partial charge >= 0.3 is 0 Å². The summed E-state index contributed by atoms with van der Waals surface area (Å²) >= 11 is 0. The monoisotopic (exact) mass is 234 g/mol. The van der Waals surface area contributed by atoms with Gasteiger partial charge in [0, 0.05) is 6.07 Å². The lowest BCUT2D eigenvalue weighted by atomic mass is 10.0. The minimum atomic E-state index is -0.466. The SMILES string of the molecule is CC1(C)Oc2cc3c(cc2C2=C1O2)NO[NH+]3[O-]. The van der Waals surface area contributed by atoms with Crippen molar-refractivity contribution in [1.29, 1.82) is 0 Å². The van der Waals surface area contributed by atoms with E-state index in [9.17, 15) is 5.21 Å². The second kappa shape index (κ2) is 2.56. The van der Waals surface area contributed by atoms with Gasteiger partial charge in [-0.25, -0.2) is 5.48 Å². The Kier molecular flexibility index (Phi) is 1.40. The predicted molar refractivity (Wildman–Crippen MR) is 57.9 cm³/mol. The fourth-order valence-corrected chi connectivity index (χ4v) is 2.22. The highest BCUT2D eigenvalue weighted by molar-refractivity contribution is 5.84. The fourth-order valence-electron chi connectivity index (χ4n) is 2.22. The molecule has 0 aliphatic carbocycles. The van der Waals surface area contributed by atoms with E-state index in [1.54, 1.807) is 6.07 Å². The van der Waals surface area contributed by atoms with Crippen molar-refractivity contribution in [3.05, 3.63) is 28.7 Å². The Morgan fingerprint density at radius 1 is 1.35 bits per heavy atom. The smallest absolute Gasteiger partial charge is 0.195 e. The summed E-state index contributed by atoms with van der Waals surface area (Å²) in [5.41, 5.74) is 4.12. The van der Waals surface area contributed by atoms with Crippen LogP contribution in [0.15, 0.2) is 17.9 Å². The second-order valence-corrected chi connectivity index (χ2v) is 4.76. The Balaban J connectivity index is 1.91. The van der Waals surface area contributed by atoms with E-state index in [2.05, 4.69) is 5.48 Å². The molecule has 0 amide bonds. The standard InChI is InChI=1S/C11H10N2O4/c1-11(2)10-9(15-10)5-3-6-7(4-8(5)16-11)13(14)17-12-6/h3-4,12-13H,1-2H3. The number of fused-ring (bicyclic) bond motifs is 3. The van der Waals surface area contributed by atoms with Gasteiger partial charge < -0.3 is 14.7 Å². The molecule has 6 heteroatoms. The van der Waals surface area contributed by atoms with Gasteiger partial charge in [0.05, 0.1) is 5.56 Å². The summed E-state index contributed by atoms with van der Waals surface area (Å²) < 4.78 is 11.3. The lowest BCUT2D eigenvalue weighted by molar-refractivity contribution is -0.984. The van der Waals surface area contributed by atoms with E-state index in [4.69, 9.17) is 14.4 Å². The lowest BCUT2D eigenvalue weighted by Crippen LogP contribution is -2.99. The molecule has 17 heavy (non-hydrogen) atoms. The van der Waals surface area contributed by atoms with Gasteiger partial charge in [0.1, 0.15) is 11.4 Å². The highest BCUT2D eigenvalue weighted by Crippen LogP contribution is 2.53. The van der Waals surface area contributed by atoms with Crippen molar-refractivity contribution in [2.75, 3.05) is 5.48 Å². The highest BCUT2D eigenvalue weighted by Gasteiger charge is 2.48. The van der Waals surface area contributed by atoms with Gasteiger partial charge in [-0.05, 0) is 19.9 Å². The molecule has 1 atom stereocenters. The van der Waals surface area contributed by atoms with Crippen molar-refractivity contribution in [1.82, 2.24) is 0 Å². The van der Waals surface area contributed by atoms with E-state index >= 15 is 0 Å². The maximum atomic E-state index is 11.4. The van der Waals surface area contributed by atoms with Crippen LogP contribution in [0, 0.1) is 5.21 Å². The van der Waals surface area contributed by atoms with Gasteiger partial charge in [-0.1, -0.05) is 4.94 Å². The highest BCUT2D eigenvalue weighted by atomic mass is 17.0. The van der Waals surface area contributed by atoms with Crippen molar-refractivity contribution in [2.45, 2.75) is 19.4 Å². The van der Waals surface area contributed by atoms with Crippen molar-refractivity contribution >= 4 is 17.1 Å². The molecule has 3 heterocycles. The normalized spacial score (nSPS) is 26.2. The van der Waals surface area contributed by atoms with E-state index < -0.39 is 5.60 Å². The van der Waals surface area contributed by atoms with Crippen LogP contribution in [-0.4, -0.2) is 5.60 Å². The van der Waals surface area contributed by atoms with Gasteiger partial charge in [-0.2, -0.15) is 5.23 Å². The zero-order chi connectivity index (χ0) is 11.8. The Morgan fingerprint density at radius 3 is 3.00 bits per heavy atom. The van der Waals surface area contributed by atoms with E-state index in [1.807, 2.05) is 19.9 Å². The van der Waals surface area contributed by atoms with Crippen LogP contribution in [0.5, 0.6) is 5.75 Å². The van der Waals surface area contributed by atoms with Gasteiger partial charge in [-0.15, -0.1) is 0 Å². The van der Waals surface area contributed by atoms with Crippen molar-refractivity contribution < 1.29 is 19.6 Å². The molecule has 3 aliphatic rings. The van der Waals surface area contributed by atoms with Crippen molar-refractivity contribution in [3.8, 4) is 5.75 Å². The molecule has 4 rings (SSSR count). The number of anilines is 1. The number of rotatable bonds is 0. The van der Waals surface area contributed by atoms with E-state index in [1.165, 1.54) is 0 Å². The summed E-state index contributed by atoms with van der Waals surface area (Å²) in [6.45, 7) is 3.87. The van der Waals surface area contributed by atoms with Crippen LogP contribution in [0.2, 0.25) is 0 Å². The molecule has 0 saturated heterocycles. The third-order valence-corrected chi connectivity index (χ3v) is 3.12. The third-order valence-electron chi connectivity index (χ3n) is 3.12. The minimum absolute atomic E-state index is 0.388. The first-order valence-corrected chi connectivity index (χ1v) is 5.33. The summed E-state index contributed by atoms with van der Waals surface area (Å²) in [5.74, 6) is 2.36.